The first-order chi connectivity index (χ1) is 8.00. The number of nitrogen functional groups attached to an aromatic ring is 1. The van der Waals surface area contributed by atoms with E-state index in [1.54, 1.807) is 24.3 Å². The van der Waals surface area contributed by atoms with Crippen LogP contribution in [0.4, 0.5) is 16.2 Å². The van der Waals surface area contributed by atoms with Gasteiger partial charge < -0.3 is 26.6 Å². The van der Waals surface area contributed by atoms with Crippen LogP contribution in [0.2, 0.25) is 0 Å². The summed E-state index contributed by atoms with van der Waals surface area (Å²) in [6.07, 6.45) is -1.63. The fourth-order valence-corrected chi connectivity index (χ4v) is 1.05. The number of nitrogens with two attached hydrogens (primary N) is 1. The SMILES string of the molecule is Nc1ccccc1NC(=O)NC[C@H](O)C(=O)O. The quantitative estimate of drug-likeness (QED) is 0.467. The summed E-state index contributed by atoms with van der Waals surface area (Å²) in [7, 11) is 0. The van der Waals surface area contributed by atoms with Gasteiger partial charge in [-0.3, -0.25) is 0 Å². The number of carbonyl (C=O) groups is 2. The summed E-state index contributed by atoms with van der Waals surface area (Å²) < 4.78 is 0. The summed E-state index contributed by atoms with van der Waals surface area (Å²) in [5.41, 5.74) is 6.39. The van der Waals surface area contributed by atoms with E-state index in [0.29, 0.717) is 11.4 Å². The fourth-order valence-electron chi connectivity index (χ4n) is 1.05. The van der Waals surface area contributed by atoms with Crippen molar-refractivity contribution in [1.29, 1.82) is 0 Å². The number of benzene rings is 1. The fraction of sp³-hybridized carbons (Fsp3) is 0.200. The number of aliphatic hydroxyl groups is 1. The van der Waals surface area contributed by atoms with Crippen molar-refractivity contribution < 1.29 is 19.8 Å². The van der Waals surface area contributed by atoms with Gasteiger partial charge in [0.05, 0.1) is 17.9 Å². The molecule has 1 aromatic carbocycles. The molecule has 0 unspecified atom stereocenters. The molecule has 0 fully saturated rings. The minimum absolute atomic E-state index is 0.381. The first-order valence-corrected chi connectivity index (χ1v) is 4.81. The van der Waals surface area contributed by atoms with Gasteiger partial charge in [-0.1, -0.05) is 12.1 Å². The molecule has 0 bridgehead atoms. The van der Waals surface area contributed by atoms with Crippen LogP contribution in [0.1, 0.15) is 0 Å². The smallest absolute Gasteiger partial charge is 0.334 e. The van der Waals surface area contributed by atoms with Crippen LogP contribution in [0.25, 0.3) is 0 Å². The lowest BCUT2D eigenvalue weighted by Gasteiger charge is -2.10. The van der Waals surface area contributed by atoms with E-state index in [1.807, 2.05) is 0 Å². The van der Waals surface area contributed by atoms with Crippen LogP contribution in [0.15, 0.2) is 24.3 Å². The average Bonchev–Trinajstić information content (AvgIpc) is 2.29. The maximum absolute atomic E-state index is 11.3. The van der Waals surface area contributed by atoms with Crippen molar-refractivity contribution in [3.05, 3.63) is 24.3 Å². The summed E-state index contributed by atoms with van der Waals surface area (Å²) in [4.78, 5) is 21.6. The maximum atomic E-state index is 11.3. The van der Waals surface area contributed by atoms with E-state index in [2.05, 4.69) is 10.6 Å². The van der Waals surface area contributed by atoms with Gasteiger partial charge in [0.2, 0.25) is 0 Å². The Morgan fingerprint density at radius 3 is 2.59 bits per heavy atom. The number of hydrogen-bond acceptors (Lipinski definition) is 4. The molecule has 1 aromatic rings. The van der Waals surface area contributed by atoms with Crippen LogP contribution in [0.3, 0.4) is 0 Å². The Bertz CT molecular complexity index is 422. The van der Waals surface area contributed by atoms with Gasteiger partial charge in [-0.15, -0.1) is 0 Å². The molecule has 1 rings (SSSR count). The number of carboxylic acids is 1. The van der Waals surface area contributed by atoms with E-state index >= 15 is 0 Å². The first-order valence-electron chi connectivity index (χ1n) is 4.81. The lowest BCUT2D eigenvalue weighted by Crippen LogP contribution is -2.38. The molecule has 0 saturated carbocycles. The van der Waals surface area contributed by atoms with Crippen LogP contribution in [-0.2, 0) is 4.79 Å². The Morgan fingerprint density at radius 2 is 2.00 bits per heavy atom. The largest absolute Gasteiger partial charge is 0.479 e. The first kappa shape index (κ1) is 12.8. The highest BCUT2D eigenvalue weighted by molar-refractivity contribution is 5.92. The minimum Gasteiger partial charge on any atom is -0.479 e. The highest BCUT2D eigenvalue weighted by Crippen LogP contribution is 2.16. The van der Waals surface area contributed by atoms with E-state index in [4.69, 9.17) is 15.9 Å². The van der Waals surface area contributed by atoms with E-state index < -0.39 is 18.1 Å². The van der Waals surface area contributed by atoms with Crippen LogP contribution in [0, 0.1) is 0 Å². The molecule has 0 aliphatic carbocycles. The summed E-state index contributed by atoms with van der Waals surface area (Å²) in [6, 6.07) is 5.98. The number of amides is 2. The standard InChI is InChI=1S/C10H13N3O4/c11-6-3-1-2-4-7(6)13-10(17)12-5-8(14)9(15)16/h1-4,8,14H,5,11H2,(H,15,16)(H2,12,13,17)/t8-/m0/s1. The second-order valence-corrected chi connectivity index (χ2v) is 3.28. The molecule has 92 valence electrons. The molecule has 0 aliphatic rings. The number of aliphatic hydroxyl groups excluding tert-OH is 1. The van der Waals surface area contributed by atoms with Gasteiger partial charge in [-0.2, -0.15) is 0 Å². The van der Waals surface area contributed by atoms with Crippen molar-refractivity contribution in [1.82, 2.24) is 5.32 Å². The van der Waals surface area contributed by atoms with Gasteiger partial charge in [0.25, 0.3) is 0 Å². The number of rotatable bonds is 4. The Kier molecular flexibility index (Phi) is 4.29. The zero-order valence-corrected chi connectivity index (χ0v) is 8.88. The maximum Gasteiger partial charge on any atom is 0.334 e. The van der Waals surface area contributed by atoms with Crippen LogP contribution < -0.4 is 16.4 Å². The predicted molar refractivity (Wildman–Crippen MR) is 61.5 cm³/mol. The molecular weight excluding hydrogens is 226 g/mol. The van der Waals surface area contributed by atoms with Gasteiger partial charge in [0, 0.05) is 0 Å². The summed E-state index contributed by atoms with van der Waals surface area (Å²) in [6.45, 7) is -0.381. The zero-order valence-electron chi connectivity index (χ0n) is 8.88. The van der Waals surface area contributed by atoms with Crippen LogP contribution in [0.5, 0.6) is 0 Å². The van der Waals surface area contributed by atoms with Crippen molar-refractivity contribution in [3.63, 3.8) is 0 Å². The summed E-state index contributed by atoms with van der Waals surface area (Å²) >= 11 is 0. The highest BCUT2D eigenvalue weighted by Gasteiger charge is 2.14. The number of carboxylic acid groups (broad SMARTS) is 1. The molecule has 0 heterocycles. The summed E-state index contributed by atoms with van der Waals surface area (Å²) in [5.74, 6) is -1.40. The third-order valence-corrected chi connectivity index (χ3v) is 1.95. The van der Waals surface area contributed by atoms with Gasteiger partial charge in [0.1, 0.15) is 0 Å². The Hall–Kier alpha value is -2.28. The monoisotopic (exact) mass is 239 g/mol. The number of urea groups is 1. The molecular formula is C10H13N3O4. The van der Waals surface area contributed by atoms with Gasteiger partial charge in [-0.25, -0.2) is 9.59 Å². The third kappa shape index (κ3) is 3.99. The molecule has 1 atom stereocenters. The third-order valence-electron chi connectivity index (χ3n) is 1.95. The summed E-state index contributed by atoms with van der Waals surface area (Å²) in [5, 5.41) is 21.9. The molecule has 0 aliphatic heterocycles. The number of anilines is 2. The van der Waals surface area contributed by atoms with Crippen molar-refractivity contribution in [2.24, 2.45) is 0 Å². The average molecular weight is 239 g/mol. The molecule has 7 heteroatoms. The van der Waals surface area contributed by atoms with E-state index in [9.17, 15) is 9.59 Å². The number of para-hydroxylation sites is 2. The second kappa shape index (κ2) is 5.71. The topological polar surface area (TPSA) is 125 Å². The highest BCUT2D eigenvalue weighted by atomic mass is 16.4. The Morgan fingerprint density at radius 1 is 1.35 bits per heavy atom. The van der Waals surface area contributed by atoms with Gasteiger partial charge >= 0.3 is 12.0 Å². The lowest BCUT2D eigenvalue weighted by atomic mass is 10.3. The predicted octanol–water partition coefficient (Wildman–Crippen LogP) is -0.164. The number of aliphatic carboxylic acids is 1. The number of nitrogens with one attached hydrogen (secondary N) is 2. The Balaban J connectivity index is 2.46. The number of carbonyl (C=O) groups excluding carboxylic acids is 1. The molecule has 17 heavy (non-hydrogen) atoms. The molecule has 0 saturated heterocycles. The van der Waals surface area contributed by atoms with Crippen molar-refractivity contribution in [3.8, 4) is 0 Å². The van der Waals surface area contributed by atoms with Crippen molar-refractivity contribution in [2.45, 2.75) is 6.10 Å². The minimum atomic E-state index is -1.63. The molecule has 6 N–H and O–H groups in total. The number of hydrogen-bond donors (Lipinski definition) is 5. The van der Waals surface area contributed by atoms with Crippen molar-refractivity contribution >= 4 is 23.4 Å². The van der Waals surface area contributed by atoms with Crippen molar-refractivity contribution in [2.75, 3.05) is 17.6 Å². The molecule has 7 nitrogen and oxygen atoms in total. The normalized spacial score (nSPS) is 11.6. The second-order valence-electron chi connectivity index (χ2n) is 3.28. The molecule has 0 spiro atoms. The van der Waals surface area contributed by atoms with E-state index in [-0.39, 0.29) is 6.54 Å². The van der Waals surface area contributed by atoms with E-state index in [0.717, 1.165) is 0 Å². The Labute approximate surface area is 97.2 Å². The molecule has 0 aromatic heterocycles. The van der Waals surface area contributed by atoms with Crippen LogP contribution >= 0.6 is 0 Å². The van der Waals surface area contributed by atoms with Gasteiger partial charge in [0.15, 0.2) is 6.10 Å². The molecule has 2 amide bonds. The van der Waals surface area contributed by atoms with E-state index in [1.165, 1.54) is 0 Å². The molecule has 0 radical (unpaired) electrons. The zero-order chi connectivity index (χ0) is 12.8. The lowest BCUT2D eigenvalue weighted by molar-refractivity contribution is -0.146. The van der Waals surface area contributed by atoms with Gasteiger partial charge in [-0.05, 0) is 12.1 Å². The van der Waals surface area contributed by atoms with Crippen LogP contribution in [-0.4, -0.2) is 34.9 Å².